The van der Waals surface area contributed by atoms with Crippen LogP contribution in [0.5, 0.6) is 0 Å². The number of nitrogens with one attached hydrogen (secondary N) is 1. The van der Waals surface area contributed by atoms with Gasteiger partial charge in [0.05, 0.1) is 5.56 Å². The molecule has 0 aliphatic rings. The zero-order valence-electron chi connectivity index (χ0n) is 14.1. The third kappa shape index (κ3) is 3.48. The second kappa shape index (κ2) is 7.08. The Hall–Kier alpha value is -3.21. The van der Waals surface area contributed by atoms with Gasteiger partial charge in [-0.25, -0.2) is 35.7 Å². The summed E-state index contributed by atoms with van der Waals surface area (Å²) in [6.45, 7) is 0. The topological polar surface area (TPSA) is 81.1 Å². The van der Waals surface area contributed by atoms with E-state index in [0.717, 1.165) is 41.1 Å². The van der Waals surface area contributed by atoms with Crippen LogP contribution in [0, 0.1) is 23.3 Å². The molecule has 3 aromatic rings. The summed E-state index contributed by atoms with van der Waals surface area (Å²) in [5.74, 6) is -6.49. The summed E-state index contributed by atoms with van der Waals surface area (Å²) in [4.78, 5) is 14.9. The first-order valence-corrected chi connectivity index (χ1v) is 9.09. The van der Waals surface area contributed by atoms with E-state index in [0.29, 0.717) is 6.07 Å². The molecule has 0 atom stereocenters. The zero-order valence-corrected chi connectivity index (χ0v) is 14.9. The molecule has 1 aromatic heterocycles. The molecule has 0 bridgehead atoms. The van der Waals surface area contributed by atoms with Crippen LogP contribution in [0.15, 0.2) is 47.5 Å². The first-order chi connectivity index (χ1) is 13.1. The SMILES string of the molecule is Cn1cc(C(=O)NS(=O)(=O)c2cccc(F)c2F)nc1-c1c(F)cccc1F. The van der Waals surface area contributed by atoms with Crippen molar-refractivity contribution in [2.75, 3.05) is 0 Å². The summed E-state index contributed by atoms with van der Waals surface area (Å²) in [6.07, 6.45) is 1.04. The molecule has 1 heterocycles. The molecule has 0 aliphatic carbocycles. The maximum atomic E-state index is 13.9. The fourth-order valence-electron chi connectivity index (χ4n) is 2.44. The molecule has 0 aliphatic heterocycles. The summed E-state index contributed by atoms with van der Waals surface area (Å²) in [6, 6.07) is 5.56. The number of aryl methyl sites for hydroxylation is 1. The van der Waals surface area contributed by atoms with Crippen molar-refractivity contribution in [3.8, 4) is 11.4 Å². The summed E-state index contributed by atoms with van der Waals surface area (Å²) < 4.78 is 81.8. The maximum Gasteiger partial charge on any atom is 0.285 e. The van der Waals surface area contributed by atoms with Crippen LogP contribution in [0.3, 0.4) is 0 Å². The minimum absolute atomic E-state index is 0.268. The van der Waals surface area contributed by atoms with E-state index in [1.807, 2.05) is 0 Å². The van der Waals surface area contributed by atoms with Gasteiger partial charge in [-0.1, -0.05) is 12.1 Å². The molecule has 3 rings (SSSR count). The highest BCUT2D eigenvalue weighted by Gasteiger charge is 2.26. The Morgan fingerprint density at radius 3 is 2.21 bits per heavy atom. The Balaban J connectivity index is 1.95. The Morgan fingerprint density at radius 1 is 1.00 bits per heavy atom. The molecule has 0 saturated heterocycles. The van der Waals surface area contributed by atoms with Crippen LogP contribution < -0.4 is 4.72 Å². The molecule has 0 unspecified atom stereocenters. The van der Waals surface area contributed by atoms with Crippen molar-refractivity contribution >= 4 is 15.9 Å². The van der Waals surface area contributed by atoms with Gasteiger partial charge in [-0.3, -0.25) is 4.79 Å². The summed E-state index contributed by atoms with van der Waals surface area (Å²) in [5, 5.41) is 0. The van der Waals surface area contributed by atoms with Gasteiger partial charge in [0.15, 0.2) is 11.6 Å². The van der Waals surface area contributed by atoms with Crippen LogP contribution in [0.1, 0.15) is 10.5 Å². The Kier molecular flexibility index (Phi) is 4.94. The highest BCUT2D eigenvalue weighted by Crippen LogP contribution is 2.25. The number of halogens is 4. The van der Waals surface area contributed by atoms with Crippen molar-refractivity contribution in [1.82, 2.24) is 14.3 Å². The Bertz CT molecular complexity index is 1170. The van der Waals surface area contributed by atoms with Gasteiger partial charge in [-0.15, -0.1) is 0 Å². The van der Waals surface area contributed by atoms with Crippen molar-refractivity contribution in [3.05, 3.63) is 71.6 Å². The van der Waals surface area contributed by atoms with E-state index in [9.17, 15) is 30.8 Å². The lowest BCUT2D eigenvalue weighted by atomic mass is 10.2. The predicted molar refractivity (Wildman–Crippen MR) is 89.6 cm³/mol. The maximum absolute atomic E-state index is 13.9. The smallest absolute Gasteiger partial charge is 0.285 e. The van der Waals surface area contributed by atoms with Crippen LogP contribution >= 0.6 is 0 Å². The van der Waals surface area contributed by atoms with E-state index in [1.165, 1.54) is 7.05 Å². The molecule has 1 N–H and O–H groups in total. The van der Waals surface area contributed by atoms with Crippen molar-refractivity contribution in [2.24, 2.45) is 7.05 Å². The molecular formula is C17H11F4N3O3S. The van der Waals surface area contributed by atoms with Gasteiger partial charge in [0.25, 0.3) is 15.9 Å². The number of sulfonamides is 1. The lowest BCUT2D eigenvalue weighted by Gasteiger charge is -2.06. The van der Waals surface area contributed by atoms with Crippen molar-refractivity contribution < 1.29 is 30.8 Å². The minimum atomic E-state index is -4.76. The molecule has 0 radical (unpaired) electrons. The summed E-state index contributed by atoms with van der Waals surface area (Å²) in [5.41, 5.74) is -1.01. The number of rotatable bonds is 4. The molecule has 146 valence electrons. The molecule has 6 nitrogen and oxygen atoms in total. The third-order valence-electron chi connectivity index (χ3n) is 3.73. The molecule has 11 heteroatoms. The second-order valence-corrected chi connectivity index (χ2v) is 7.29. The fraction of sp³-hybridized carbons (Fsp3) is 0.0588. The number of hydrogen-bond acceptors (Lipinski definition) is 4. The second-order valence-electron chi connectivity index (χ2n) is 5.64. The molecule has 28 heavy (non-hydrogen) atoms. The minimum Gasteiger partial charge on any atom is -0.333 e. The van der Waals surface area contributed by atoms with Gasteiger partial charge >= 0.3 is 0 Å². The highest BCUT2D eigenvalue weighted by atomic mass is 32.2. The zero-order chi connectivity index (χ0) is 20.6. The van der Waals surface area contributed by atoms with E-state index in [-0.39, 0.29) is 5.82 Å². The van der Waals surface area contributed by atoms with Gasteiger partial charge in [0.1, 0.15) is 28.0 Å². The first-order valence-electron chi connectivity index (χ1n) is 7.60. The Labute approximate surface area is 156 Å². The Morgan fingerprint density at radius 2 is 1.57 bits per heavy atom. The summed E-state index contributed by atoms with van der Waals surface area (Å²) >= 11 is 0. The van der Waals surface area contributed by atoms with Gasteiger partial charge in [-0.05, 0) is 24.3 Å². The normalized spacial score (nSPS) is 11.5. The van der Waals surface area contributed by atoms with Crippen molar-refractivity contribution in [1.29, 1.82) is 0 Å². The number of carbonyl (C=O) groups excluding carboxylic acids is 1. The van der Waals surface area contributed by atoms with Crippen LogP contribution in [0.2, 0.25) is 0 Å². The quantitative estimate of drug-likeness (QED) is 0.667. The molecule has 1 amide bonds. The average molecular weight is 413 g/mol. The van der Waals surface area contributed by atoms with E-state index in [4.69, 9.17) is 0 Å². The lowest BCUT2D eigenvalue weighted by molar-refractivity contribution is 0.0977. The number of nitrogens with zero attached hydrogens (tertiary/aromatic N) is 2. The standard InChI is InChI=1S/C17H11F4N3O3S/c1-24-8-12(22-16(24)14-9(18)4-2-5-10(14)19)17(25)23-28(26,27)13-7-3-6-11(20)15(13)21/h2-8H,1H3,(H,23,25). The number of aromatic nitrogens is 2. The van der Waals surface area contributed by atoms with E-state index in [1.54, 1.807) is 4.72 Å². The van der Waals surface area contributed by atoms with E-state index < -0.39 is 55.4 Å². The monoisotopic (exact) mass is 413 g/mol. The van der Waals surface area contributed by atoms with E-state index in [2.05, 4.69) is 4.98 Å². The predicted octanol–water partition coefficient (Wildman–Crippen LogP) is 2.76. The van der Waals surface area contributed by atoms with Gasteiger partial charge in [0.2, 0.25) is 0 Å². The molecule has 0 saturated carbocycles. The molecule has 0 fully saturated rings. The van der Waals surface area contributed by atoms with Gasteiger partial charge < -0.3 is 4.57 Å². The first kappa shape index (κ1) is 19.5. The fourth-order valence-corrected chi connectivity index (χ4v) is 3.49. The number of benzene rings is 2. The number of amides is 1. The lowest BCUT2D eigenvalue weighted by Crippen LogP contribution is -2.31. The van der Waals surface area contributed by atoms with Crippen LogP contribution in [-0.4, -0.2) is 23.9 Å². The van der Waals surface area contributed by atoms with Crippen LogP contribution in [0.25, 0.3) is 11.4 Å². The highest BCUT2D eigenvalue weighted by molar-refractivity contribution is 7.90. The van der Waals surface area contributed by atoms with Gasteiger partial charge in [0, 0.05) is 13.2 Å². The number of carbonyl (C=O) groups is 1. The van der Waals surface area contributed by atoms with Crippen LogP contribution in [0.4, 0.5) is 17.6 Å². The van der Waals surface area contributed by atoms with E-state index >= 15 is 0 Å². The molecule has 2 aromatic carbocycles. The molecule has 0 spiro atoms. The summed E-state index contributed by atoms with van der Waals surface area (Å²) in [7, 11) is -3.42. The average Bonchev–Trinajstić information content (AvgIpc) is 2.98. The number of hydrogen-bond donors (Lipinski definition) is 1. The van der Waals surface area contributed by atoms with Crippen molar-refractivity contribution in [3.63, 3.8) is 0 Å². The van der Waals surface area contributed by atoms with Crippen LogP contribution in [-0.2, 0) is 17.1 Å². The van der Waals surface area contributed by atoms with Crippen molar-refractivity contribution in [2.45, 2.75) is 4.90 Å². The number of imidazole rings is 1. The third-order valence-corrected chi connectivity index (χ3v) is 5.08. The largest absolute Gasteiger partial charge is 0.333 e. The molecular weight excluding hydrogens is 402 g/mol. The van der Waals surface area contributed by atoms with Gasteiger partial charge in [-0.2, -0.15) is 0 Å².